The Bertz CT molecular complexity index is 661. The van der Waals surface area contributed by atoms with Crippen LogP contribution in [0.2, 0.25) is 0 Å². The molecule has 130 valence electrons. The number of anilines is 1. The summed E-state index contributed by atoms with van der Waals surface area (Å²) >= 11 is 1.41. The first-order chi connectivity index (χ1) is 11.5. The molecule has 24 heavy (non-hydrogen) atoms. The van der Waals surface area contributed by atoms with E-state index in [9.17, 15) is 9.90 Å². The highest BCUT2D eigenvalue weighted by molar-refractivity contribution is 8.14. The van der Waals surface area contributed by atoms with Crippen molar-refractivity contribution in [2.75, 3.05) is 43.6 Å². The number of pyridine rings is 1. The number of hydrogen-bond acceptors (Lipinski definition) is 8. The molecule has 0 spiro atoms. The van der Waals surface area contributed by atoms with Crippen LogP contribution in [-0.2, 0) is 14.3 Å². The molecule has 3 heterocycles. The number of aliphatic imine (C=N–C) groups is 1. The molecule has 1 aromatic heterocycles. The maximum Gasteiger partial charge on any atom is 0.334 e. The van der Waals surface area contributed by atoms with Gasteiger partial charge in [-0.05, 0) is 13.8 Å². The third-order valence-corrected chi connectivity index (χ3v) is 5.25. The Hall–Kier alpha value is -1.80. The fraction of sp³-hybridized carbons (Fsp3) is 0.562. The number of ether oxygens (including phenoxy) is 2. The van der Waals surface area contributed by atoms with Gasteiger partial charge in [-0.15, -0.1) is 11.8 Å². The zero-order valence-electron chi connectivity index (χ0n) is 13.8. The molecule has 0 radical (unpaired) electrons. The first-order valence-corrected chi connectivity index (χ1v) is 8.94. The number of esters is 1. The van der Waals surface area contributed by atoms with Crippen molar-refractivity contribution in [2.24, 2.45) is 4.99 Å². The molecule has 0 saturated carbocycles. The minimum atomic E-state index is -0.924. The summed E-state index contributed by atoms with van der Waals surface area (Å²) in [5.41, 5.74) is 0.342. The number of aromatic nitrogens is 1. The molecule has 2 aliphatic rings. The van der Waals surface area contributed by atoms with Crippen molar-refractivity contribution in [3.05, 3.63) is 18.0 Å². The van der Waals surface area contributed by atoms with E-state index in [-0.39, 0.29) is 11.7 Å². The molecule has 7 nitrogen and oxygen atoms in total. The van der Waals surface area contributed by atoms with Gasteiger partial charge < -0.3 is 19.5 Å². The van der Waals surface area contributed by atoms with Crippen molar-refractivity contribution in [1.29, 1.82) is 0 Å². The lowest BCUT2D eigenvalue weighted by Gasteiger charge is -2.28. The van der Waals surface area contributed by atoms with E-state index in [0.717, 1.165) is 18.8 Å². The average molecular weight is 351 g/mol. The highest BCUT2D eigenvalue weighted by Crippen LogP contribution is 2.35. The van der Waals surface area contributed by atoms with Crippen molar-refractivity contribution in [3.63, 3.8) is 0 Å². The zero-order chi connectivity index (χ0) is 17.2. The molecule has 0 bridgehead atoms. The minimum absolute atomic E-state index is 0.0679. The summed E-state index contributed by atoms with van der Waals surface area (Å²) in [6.45, 7) is 6.72. The van der Waals surface area contributed by atoms with Crippen LogP contribution in [0.25, 0.3) is 0 Å². The molecule has 1 atom stereocenters. The molecule has 1 fully saturated rings. The van der Waals surface area contributed by atoms with Gasteiger partial charge in [0, 0.05) is 24.9 Å². The van der Waals surface area contributed by atoms with E-state index in [4.69, 9.17) is 9.47 Å². The third kappa shape index (κ3) is 3.34. The largest absolute Gasteiger partial charge is 0.506 e. The normalized spacial score (nSPS) is 23.9. The first kappa shape index (κ1) is 17.0. The van der Waals surface area contributed by atoms with Crippen LogP contribution in [0.1, 0.15) is 19.5 Å². The molecule has 1 aromatic rings. The average Bonchev–Trinajstić information content (AvgIpc) is 2.99. The summed E-state index contributed by atoms with van der Waals surface area (Å²) in [5.74, 6) is 0.198. The molecule has 8 heteroatoms. The summed E-state index contributed by atoms with van der Waals surface area (Å²) in [5, 5.41) is 10.9. The summed E-state index contributed by atoms with van der Waals surface area (Å²) in [6, 6.07) is 1.69. The maximum atomic E-state index is 12.0. The van der Waals surface area contributed by atoms with Crippen LogP contribution in [0, 0.1) is 0 Å². The van der Waals surface area contributed by atoms with E-state index in [2.05, 4.69) is 14.9 Å². The Labute approximate surface area is 145 Å². The van der Waals surface area contributed by atoms with Gasteiger partial charge in [-0.25, -0.2) is 9.78 Å². The van der Waals surface area contributed by atoms with Crippen molar-refractivity contribution in [2.45, 2.75) is 19.4 Å². The second-order valence-electron chi connectivity index (χ2n) is 5.86. The molecular formula is C16H21N3O4S. The fourth-order valence-electron chi connectivity index (χ4n) is 2.61. The lowest BCUT2D eigenvalue weighted by atomic mass is 10.1. The second kappa shape index (κ2) is 6.98. The first-order valence-electron chi connectivity index (χ1n) is 7.95. The number of aromatic hydroxyl groups is 1. The number of hydrogen-bond donors (Lipinski definition) is 1. The van der Waals surface area contributed by atoms with Gasteiger partial charge in [-0.1, -0.05) is 0 Å². The Balaban J connectivity index is 1.81. The standard InChI is InChI=1S/C16H21N3O4S/c1-3-23-15(21)16(2)10-24-14(18-16)13-12(20)8-11(9-17-13)19-4-6-22-7-5-19/h8-9,20H,3-7,10H2,1-2H3. The van der Waals surface area contributed by atoms with Gasteiger partial charge in [-0.2, -0.15) is 0 Å². The van der Waals surface area contributed by atoms with Crippen LogP contribution >= 0.6 is 11.8 Å². The van der Waals surface area contributed by atoms with Gasteiger partial charge in [0.25, 0.3) is 0 Å². The second-order valence-corrected chi connectivity index (χ2v) is 6.82. The van der Waals surface area contributed by atoms with Crippen molar-refractivity contribution in [1.82, 2.24) is 4.98 Å². The van der Waals surface area contributed by atoms with E-state index in [1.807, 2.05) is 0 Å². The molecule has 1 N–H and O–H groups in total. The van der Waals surface area contributed by atoms with Crippen molar-refractivity contribution >= 4 is 28.5 Å². The van der Waals surface area contributed by atoms with Gasteiger partial charge >= 0.3 is 5.97 Å². The van der Waals surface area contributed by atoms with Gasteiger partial charge in [0.2, 0.25) is 0 Å². The van der Waals surface area contributed by atoms with Crippen LogP contribution in [0.5, 0.6) is 5.75 Å². The lowest BCUT2D eigenvalue weighted by Crippen LogP contribution is -2.36. The van der Waals surface area contributed by atoms with E-state index >= 15 is 0 Å². The molecular weight excluding hydrogens is 330 g/mol. The fourth-order valence-corrected chi connectivity index (χ4v) is 3.77. The molecule has 0 amide bonds. The van der Waals surface area contributed by atoms with E-state index in [0.29, 0.717) is 36.3 Å². The van der Waals surface area contributed by atoms with E-state index in [1.165, 1.54) is 11.8 Å². The Morgan fingerprint density at radius 1 is 1.50 bits per heavy atom. The van der Waals surface area contributed by atoms with Crippen molar-refractivity contribution < 1.29 is 19.4 Å². The predicted octanol–water partition coefficient (Wildman–Crippen LogP) is 1.44. The highest BCUT2D eigenvalue weighted by atomic mass is 32.2. The molecule has 2 aliphatic heterocycles. The number of carbonyl (C=O) groups excluding carboxylic acids is 1. The van der Waals surface area contributed by atoms with Gasteiger partial charge in [0.1, 0.15) is 16.5 Å². The number of carbonyl (C=O) groups is 1. The predicted molar refractivity (Wildman–Crippen MR) is 93.0 cm³/mol. The SMILES string of the molecule is CCOC(=O)C1(C)CSC(c2ncc(N3CCOCC3)cc2O)=N1. The monoisotopic (exact) mass is 351 g/mol. The number of rotatable bonds is 4. The molecule has 1 unspecified atom stereocenters. The topological polar surface area (TPSA) is 84.2 Å². The summed E-state index contributed by atoms with van der Waals surface area (Å²) in [6.07, 6.45) is 1.73. The summed E-state index contributed by atoms with van der Waals surface area (Å²) < 4.78 is 10.4. The van der Waals surface area contributed by atoms with Crippen LogP contribution in [0.15, 0.2) is 17.3 Å². The maximum absolute atomic E-state index is 12.0. The molecule has 0 aromatic carbocycles. The van der Waals surface area contributed by atoms with Crippen LogP contribution in [-0.4, -0.2) is 65.3 Å². The van der Waals surface area contributed by atoms with Crippen LogP contribution < -0.4 is 4.90 Å². The molecule has 3 rings (SSSR count). The summed E-state index contributed by atoms with van der Waals surface area (Å²) in [4.78, 5) is 23.0. The lowest BCUT2D eigenvalue weighted by molar-refractivity contribution is -0.147. The number of nitrogens with zero attached hydrogens (tertiary/aromatic N) is 3. The van der Waals surface area contributed by atoms with Crippen LogP contribution in [0.4, 0.5) is 5.69 Å². The zero-order valence-corrected chi connectivity index (χ0v) is 14.6. The highest BCUT2D eigenvalue weighted by Gasteiger charge is 2.40. The van der Waals surface area contributed by atoms with Crippen LogP contribution in [0.3, 0.4) is 0 Å². The van der Waals surface area contributed by atoms with Gasteiger partial charge in [0.05, 0.1) is 31.7 Å². The number of morpholine rings is 1. The quantitative estimate of drug-likeness (QED) is 0.822. The molecule has 1 saturated heterocycles. The van der Waals surface area contributed by atoms with E-state index in [1.54, 1.807) is 26.1 Å². The van der Waals surface area contributed by atoms with Gasteiger partial charge in [0.15, 0.2) is 5.54 Å². The minimum Gasteiger partial charge on any atom is -0.506 e. The Kier molecular flexibility index (Phi) is 4.96. The molecule has 0 aliphatic carbocycles. The smallest absolute Gasteiger partial charge is 0.334 e. The Morgan fingerprint density at radius 2 is 2.25 bits per heavy atom. The van der Waals surface area contributed by atoms with Crippen molar-refractivity contribution in [3.8, 4) is 5.75 Å². The summed E-state index contributed by atoms with van der Waals surface area (Å²) in [7, 11) is 0. The Morgan fingerprint density at radius 3 is 2.92 bits per heavy atom. The van der Waals surface area contributed by atoms with Gasteiger partial charge in [-0.3, -0.25) is 4.99 Å². The third-order valence-electron chi connectivity index (χ3n) is 3.99. The van der Waals surface area contributed by atoms with E-state index < -0.39 is 5.54 Å². The number of thioether (sulfide) groups is 1.